The Morgan fingerprint density at radius 3 is 2.24 bits per heavy atom. The Bertz CT molecular complexity index is 490. The maximum absolute atomic E-state index is 13.2. The van der Waals surface area contributed by atoms with Gasteiger partial charge in [0.05, 0.1) is 0 Å². The molecule has 0 heterocycles. The van der Waals surface area contributed by atoms with E-state index in [-0.39, 0.29) is 5.82 Å². The second-order valence-corrected chi connectivity index (χ2v) is 5.01. The first kappa shape index (κ1) is 12.3. The zero-order chi connectivity index (χ0) is 12.5. The number of rotatable bonds is 2. The van der Waals surface area contributed by atoms with E-state index < -0.39 is 5.60 Å². The van der Waals surface area contributed by atoms with E-state index in [1.54, 1.807) is 19.1 Å². The number of aliphatic hydroxyl groups is 1. The van der Waals surface area contributed by atoms with Crippen molar-refractivity contribution in [3.8, 4) is 0 Å². The molecule has 0 spiro atoms. The van der Waals surface area contributed by atoms with Crippen LogP contribution in [-0.2, 0) is 5.60 Å². The summed E-state index contributed by atoms with van der Waals surface area (Å²) in [5, 5.41) is 10.5. The maximum atomic E-state index is 13.2. The van der Waals surface area contributed by atoms with Crippen LogP contribution >= 0.6 is 15.9 Å². The summed E-state index contributed by atoms with van der Waals surface area (Å²) in [6.07, 6.45) is 0. The van der Waals surface area contributed by atoms with E-state index in [0.717, 1.165) is 10.0 Å². The minimum Gasteiger partial charge on any atom is -0.381 e. The summed E-state index contributed by atoms with van der Waals surface area (Å²) in [5.74, 6) is -0.349. The Kier molecular flexibility index (Phi) is 3.31. The van der Waals surface area contributed by atoms with Gasteiger partial charge in [0.1, 0.15) is 11.4 Å². The minimum atomic E-state index is -1.20. The van der Waals surface area contributed by atoms with Gasteiger partial charge in [0.25, 0.3) is 0 Å². The minimum absolute atomic E-state index is 0.349. The van der Waals surface area contributed by atoms with Crippen molar-refractivity contribution in [3.05, 3.63) is 69.9 Å². The lowest BCUT2D eigenvalue weighted by molar-refractivity contribution is 0.102. The summed E-state index contributed by atoms with van der Waals surface area (Å²) in [6.45, 7) is 1.66. The fourth-order valence-electron chi connectivity index (χ4n) is 1.75. The van der Waals surface area contributed by atoms with Gasteiger partial charge in [0.15, 0.2) is 0 Å². The standard InChI is InChI=1S/C14H12BrFO/c1-14(17,10-4-2-6-12(15)8-10)11-5-3-7-13(16)9-11/h2-9,17H,1H3. The fraction of sp³-hybridized carbons (Fsp3) is 0.143. The quantitative estimate of drug-likeness (QED) is 0.892. The highest BCUT2D eigenvalue weighted by Crippen LogP contribution is 2.30. The highest BCUT2D eigenvalue weighted by atomic mass is 79.9. The summed E-state index contributed by atoms with van der Waals surface area (Å²) in [5.41, 5.74) is 0.0550. The van der Waals surface area contributed by atoms with Crippen LogP contribution in [0, 0.1) is 5.82 Å². The van der Waals surface area contributed by atoms with Crippen molar-refractivity contribution in [3.63, 3.8) is 0 Å². The normalized spacial score (nSPS) is 14.4. The smallest absolute Gasteiger partial charge is 0.123 e. The van der Waals surface area contributed by atoms with E-state index in [1.165, 1.54) is 12.1 Å². The van der Waals surface area contributed by atoms with Crippen LogP contribution < -0.4 is 0 Å². The topological polar surface area (TPSA) is 20.2 Å². The maximum Gasteiger partial charge on any atom is 0.123 e. The third-order valence-corrected chi connectivity index (χ3v) is 3.27. The van der Waals surface area contributed by atoms with Gasteiger partial charge in [-0.1, -0.05) is 40.2 Å². The Hall–Kier alpha value is -1.19. The van der Waals surface area contributed by atoms with Gasteiger partial charge in [-0.25, -0.2) is 4.39 Å². The van der Waals surface area contributed by atoms with E-state index in [9.17, 15) is 9.50 Å². The molecule has 0 bridgehead atoms. The van der Waals surface area contributed by atoms with Gasteiger partial charge < -0.3 is 5.11 Å². The second kappa shape index (κ2) is 4.59. The molecule has 1 N–H and O–H groups in total. The van der Waals surface area contributed by atoms with Crippen molar-refractivity contribution in [2.45, 2.75) is 12.5 Å². The molecule has 0 radical (unpaired) electrons. The number of benzene rings is 2. The molecule has 0 amide bonds. The van der Waals surface area contributed by atoms with Crippen LogP contribution in [0.25, 0.3) is 0 Å². The first-order valence-corrected chi connectivity index (χ1v) is 6.04. The van der Waals surface area contributed by atoms with Crippen molar-refractivity contribution in [1.29, 1.82) is 0 Å². The molecule has 0 aromatic heterocycles. The van der Waals surface area contributed by atoms with Crippen LogP contribution in [0.2, 0.25) is 0 Å². The van der Waals surface area contributed by atoms with Gasteiger partial charge >= 0.3 is 0 Å². The second-order valence-electron chi connectivity index (χ2n) is 4.09. The average molecular weight is 295 g/mol. The largest absolute Gasteiger partial charge is 0.381 e. The van der Waals surface area contributed by atoms with Crippen LogP contribution in [-0.4, -0.2) is 5.11 Å². The van der Waals surface area contributed by atoms with Crippen molar-refractivity contribution in [1.82, 2.24) is 0 Å². The number of halogens is 2. The van der Waals surface area contributed by atoms with E-state index in [1.807, 2.05) is 24.3 Å². The summed E-state index contributed by atoms with van der Waals surface area (Å²) in [7, 11) is 0. The Balaban J connectivity index is 2.49. The molecule has 0 saturated carbocycles. The lowest BCUT2D eigenvalue weighted by atomic mass is 9.88. The Morgan fingerprint density at radius 1 is 1.06 bits per heavy atom. The van der Waals surface area contributed by atoms with E-state index in [0.29, 0.717) is 5.56 Å². The molecule has 2 rings (SSSR count). The van der Waals surface area contributed by atoms with Crippen LogP contribution in [0.15, 0.2) is 53.0 Å². The first-order valence-electron chi connectivity index (χ1n) is 5.24. The third kappa shape index (κ3) is 2.56. The van der Waals surface area contributed by atoms with Crippen molar-refractivity contribution in [2.24, 2.45) is 0 Å². The average Bonchev–Trinajstić information content (AvgIpc) is 2.29. The van der Waals surface area contributed by atoms with Gasteiger partial charge in [-0.15, -0.1) is 0 Å². The molecule has 0 aliphatic heterocycles. The third-order valence-electron chi connectivity index (χ3n) is 2.77. The molecule has 0 fully saturated rings. The van der Waals surface area contributed by atoms with Gasteiger partial charge in [-0.3, -0.25) is 0 Å². The monoisotopic (exact) mass is 294 g/mol. The van der Waals surface area contributed by atoms with Crippen molar-refractivity contribution in [2.75, 3.05) is 0 Å². The van der Waals surface area contributed by atoms with Crippen LogP contribution in [0.1, 0.15) is 18.1 Å². The molecule has 1 unspecified atom stereocenters. The highest BCUT2D eigenvalue weighted by molar-refractivity contribution is 9.10. The zero-order valence-corrected chi connectivity index (χ0v) is 10.9. The first-order chi connectivity index (χ1) is 8.00. The number of hydrogen-bond acceptors (Lipinski definition) is 1. The SMILES string of the molecule is CC(O)(c1cccc(F)c1)c1cccc(Br)c1. The molecule has 0 aliphatic carbocycles. The van der Waals surface area contributed by atoms with E-state index in [4.69, 9.17) is 0 Å². The zero-order valence-electron chi connectivity index (χ0n) is 9.32. The summed E-state index contributed by atoms with van der Waals surface area (Å²) < 4.78 is 14.1. The molecule has 0 saturated heterocycles. The van der Waals surface area contributed by atoms with Gasteiger partial charge in [0.2, 0.25) is 0 Å². The van der Waals surface area contributed by atoms with Crippen LogP contribution in [0.5, 0.6) is 0 Å². The van der Waals surface area contributed by atoms with Crippen LogP contribution in [0.4, 0.5) is 4.39 Å². The van der Waals surface area contributed by atoms with Gasteiger partial charge in [-0.2, -0.15) is 0 Å². The molecular formula is C14H12BrFO. The molecule has 1 nitrogen and oxygen atoms in total. The molecular weight excluding hydrogens is 283 g/mol. The van der Waals surface area contributed by atoms with Crippen molar-refractivity contribution >= 4 is 15.9 Å². The Morgan fingerprint density at radius 2 is 1.65 bits per heavy atom. The Labute approximate surface area is 108 Å². The van der Waals surface area contributed by atoms with Gasteiger partial charge in [-0.05, 0) is 42.3 Å². The van der Waals surface area contributed by atoms with Gasteiger partial charge in [0, 0.05) is 4.47 Å². The predicted octanol–water partition coefficient (Wildman–Crippen LogP) is 3.84. The fourth-order valence-corrected chi connectivity index (χ4v) is 2.15. The molecule has 0 aliphatic rings. The highest BCUT2D eigenvalue weighted by Gasteiger charge is 2.25. The lowest BCUT2D eigenvalue weighted by Crippen LogP contribution is -2.22. The summed E-state index contributed by atoms with van der Waals surface area (Å²) in [6, 6.07) is 13.4. The molecule has 2 aromatic rings. The molecule has 88 valence electrons. The van der Waals surface area contributed by atoms with E-state index >= 15 is 0 Å². The molecule has 2 aromatic carbocycles. The predicted molar refractivity (Wildman–Crippen MR) is 69.2 cm³/mol. The molecule has 1 atom stereocenters. The van der Waals surface area contributed by atoms with Crippen molar-refractivity contribution < 1.29 is 9.50 Å². The number of hydrogen-bond donors (Lipinski definition) is 1. The van der Waals surface area contributed by atoms with Crippen LogP contribution in [0.3, 0.4) is 0 Å². The lowest BCUT2D eigenvalue weighted by Gasteiger charge is -2.24. The molecule has 17 heavy (non-hydrogen) atoms. The van der Waals surface area contributed by atoms with E-state index in [2.05, 4.69) is 15.9 Å². The summed E-state index contributed by atoms with van der Waals surface area (Å²) >= 11 is 3.36. The summed E-state index contributed by atoms with van der Waals surface area (Å²) in [4.78, 5) is 0. The molecule has 3 heteroatoms.